The van der Waals surface area contributed by atoms with Gasteiger partial charge in [-0.05, 0) is 30.7 Å². The van der Waals surface area contributed by atoms with E-state index in [4.69, 9.17) is 0 Å². The molecule has 5 nitrogen and oxygen atoms in total. The first kappa shape index (κ1) is 17.0. The summed E-state index contributed by atoms with van der Waals surface area (Å²) < 4.78 is 52.5. The number of aryl methyl sites for hydroxylation is 1. The Labute approximate surface area is 132 Å². The zero-order valence-corrected chi connectivity index (χ0v) is 13.0. The lowest BCUT2D eigenvalue weighted by Crippen LogP contribution is -2.33. The van der Waals surface area contributed by atoms with Crippen LogP contribution in [0, 0.1) is 18.6 Å². The van der Waals surface area contributed by atoms with E-state index in [1.165, 1.54) is 6.07 Å². The van der Waals surface area contributed by atoms with Crippen LogP contribution in [-0.2, 0) is 14.8 Å². The normalized spacial score (nSPS) is 11.3. The molecule has 0 radical (unpaired) electrons. The SMILES string of the molecule is Cc1ccccc1S(=O)(=O)NCC(=O)Nc1ccc(F)cc1F. The fraction of sp³-hybridized carbons (Fsp3) is 0.133. The number of carbonyl (C=O) groups is 1. The van der Waals surface area contributed by atoms with Crippen LogP contribution in [-0.4, -0.2) is 20.9 Å². The summed E-state index contributed by atoms with van der Waals surface area (Å²) in [6.07, 6.45) is 0. The van der Waals surface area contributed by atoms with Crippen LogP contribution in [0.2, 0.25) is 0 Å². The number of nitrogens with one attached hydrogen (secondary N) is 2. The Hall–Kier alpha value is -2.32. The number of benzene rings is 2. The monoisotopic (exact) mass is 340 g/mol. The first-order chi connectivity index (χ1) is 10.8. The smallest absolute Gasteiger partial charge is 0.241 e. The number of sulfonamides is 1. The molecule has 0 atom stereocenters. The van der Waals surface area contributed by atoms with Gasteiger partial charge >= 0.3 is 0 Å². The molecule has 0 spiro atoms. The molecule has 0 heterocycles. The molecule has 0 saturated heterocycles. The minimum absolute atomic E-state index is 0.0563. The Bertz CT molecular complexity index is 838. The van der Waals surface area contributed by atoms with Gasteiger partial charge in [-0.15, -0.1) is 0 Å². The summed E-state index contributed by atoms with van der Waals surface area (Å²) in [5.41, 5.74) is 0.302. The fourth-order valence-corrected chi connectivity index (χ4v) is 3.11. The van der Waals surface area contributed by atoms with E-state index in [0.717, 1.165) is 12.1 Å². The van der Waals surface area contributed by atoms with Crippen LogP contribution < -0.4 is 10.0 Å². The fourth-order valence-electron chi connectivity index (χ4n) is 1.88. The van der Waals surface area contributed by atoms with Crippen LogP contribution in [0.3, 0.4) is 0 Å². The highest BCUT2D eigenvalue weighted by atomic mass is 32.2. The molecule has 2 N–H and O–H groups in total. The van der Waals surface area contributed by atoms with Gasteiger partial charge in [0.25, 0.3) is 0 Å². The van der Waals surface area contributed by atoms with Crippen molar-refractivity contribution >= 4 is 21.6 Å². The topological polar surface area (TPSA) is 75.3 Å². The van der Waals surface area contributed by atoms with Gasteiger partial charge in [0.1, 0.15) is 11.6 Å². The van der Waals surface area contributed by atoms with Gasteiger partial charge in [-0.1, -0.05) is 18.2 Å². The van der Waals surface area contributed by atoms with Crippen molar-refractivity contribution in [2.45, 2.75) is 11.8 Å². The first-order valence-corrected chi connectivity index (χ1v) is 8.08. The Morgan fingerprint density at radius 3 is 2.48 bits per heavy atom. The van der Waals surface area contributed by atoms with Crippen molar-refractivity contribution in [1.82, 2.24) is 4.72 Å². The second-order valence-electron chi connectivity index (χ2n) is 4.76. The second-order valence-corrected chi connectivity index (χ2v) is 6.50. The zero-order chi connectivity index (χ0) is 17.0. The predicted molar refractivity (Wildman–Crippen MR) is 81.4 cm³/mol. The van der Waals surface area contributed by atoms with E-state index in [2.05, 4.69) is 10.0 Å². The molecule has 0 unspecified atom stereocenters. The molecule has 0 aliphatic rings. The third-order valence-corrected chi connectivity index (χ3v) is 4.57. The van der Waals surface area contributed by atoms with Crippen molar-refractivity contribution in [2.24, 2.45) is 0 Å². The molecule has 0 aromatic heterocycles. The number of anilines is 1. The Balaban J connectivity index is 2.03. The molecule has 0 aliphatic carbocycles. The van der Waals surface area contributed by atoms with Gasteiger partial charge in [0.05, 0.1) is 17.1 Å². The predicted octanol–water partition coefficient (Wildman–Crippen LogP) is 2.19. The highest BCUT2D eigenvalue weighted by Crippen LogP contribution is 2.15. The van der Waals surface area contributed by atoms with E-state index in [1.54, 1.807) is 25.1 Å². The average Bonchev–Trinajstić information content (AvgIpc) is 2.48. The van der Waals surface area contributed by atoms with E-state index < -0.39 is 34.1 Å². The molecular weight excluding hydrogens is 326 g/mol. The Morgan fingerprint density at radius 2 is 1.83 bits per heavy atom. The van der Waals surface area contributed by atoms with Crippen molar-refractivity contribution < 1.29 is 22.0 Å². The van der Waals surface area contributed by atoms with Gasteiger partial charge in [-0.2, -0.15) is 0 Å². The molecule has 0 fully saturated rings. The van der Waals surface area contributed by atoms with Crippen molar-refractivity contribution in [3.63, 3.8) is 0 Å². The van der Waals surface area contributed by atoms with E-state index in [-0.39, 0.29) is 10.6 Å². The number of halogens is 2. The van der Waals surface area contributed by atoms with Crippen LogP contribution in [0.15, 0.2) is 47.4 Å². The highest BCUT2D eigenvalue weighted by molar-refractivity contribution is 7.89. The van der Waals surface area contributed by atoms with E-state index >= 15 is 0 Å². The number of carbonyl (C=O) groups excluding carboxylic acids is 1. The summed E-state index contributed by atoms with van der Waals surface area (Å²) in [4.78, 5) is 11.8. The van der Waals surface area contributed by atoms with E-state index in [9.17, 15) is 22.0 Å². The van der Waals surface area contributed by atoms with Gasteiger partial charge < -0.3 is 5.32 Å². The van der Waals surface area contributed by atoms with Crippen LogP contribution in [0.1, 0.15) is 5.56 Å². The zero-order valence-electron chi connectivity index (χ0n) is 12.1. The summed E-state index contributed by atoms with van der Waals surface area (Å²) in [6, 6.07) is 8.95. The molecular formula is C15H14F2N2O3S. The number of rotatable bonds is 5. The summed E-state index contributed by atoms with van der Waals surface area (Å²) in [6.45, 7) is 1.05. The highest BCUT2D eigenvalue weighted by Gasteiger charge is 2.17. The molecule has 122 valence electrons. The lowest BCUT2D eigenvalue weighted by molar-refractivity contribution is -0.115. The number of amides is 1. The minimum Gasteiger partial charge on any atom is -0.322 e. The molecule has 2 aromatic rings. The third-order valence-electron chi connectivity index (χ3n) is 3.01. The molecule has 0 aliphatic heterocycles. The van der Waals surface area contributed by atoms with Gasteiger partial charge in [-0.25, -0.2) is 21.9 Å². The maximum atomic E-state index is 13.4. The van der Waals surface area contributed by atoms with Gasteiger partial charge in [0.15, 0.2) is 0 Å². The lowest BCUT2D eigenvalue weighted by Gasteiger charge is -2.10. The van der Waals surface area contributed by atoms with Gasteiger partial charge in [-0.3, -0.25) is 4.79 Å². The van der Waals surface area contributed by atoms with Crippen LogP contribution in [0.5, 0.6) is 0 Å². The molecule has 2 aromatic carbocycles. The van der Waals surface area contributed by atoms with Gasteiger partial charge in [0.2, 0.25) is 15.9 Å². The minimum atomic E-state index is -3.86. The lowest BCUT2D eigenvalue weighted by atomic mass is 10.2. The first-order valence-electron chi connectivity index (χ1n) is 6.60. The van der Waals surface area contributed by atoms with Crippen molar-refractivity contribution in [3.8, 4) is 0 Å². The molecule has 1 amide bonds. The maximum absolute atomic E-state index is 13.4. The number of hydrogen-bond acceptors (Lipinski definition) is 3. The number of hydrogen-bond donors (Lipinski definition) is 2. The largest absolute Gasteiger partial charge is 0.322 e. The molecule has 8 heteroatoms. The Kier molecular flexibility index (Phi) is 5.07. The standard InChI is InChI=1S/C15H14F2N2O3S/c1-10-4-2-3-5-14(10)23(21,22)18-9-15(20)19-13-7-6-11(16)8-12(13)17/h2-8,18H,9H2,1H3,(H,19,20). The second kappa shape index (κ2) is 6.84. The summed E-state index contributed by atoms with van der Waals surface area (Å²) >= 11 is 0. The van der Waals surface area contributed by atoms with E-state index in [0.29, 0.717) is 11.6 Å². The molecule has 23 heavy (non-hydrogen) atoms. The molecule has 0 bridgehead atoms. The van der Waals surface area contributed by atoms with Crippen LogP contribution in [0.25, 0.3) is 0 Å². The summed E-state index contributed by atoms with van der Waals surface area (Å²) in [7, 11) is -3.86. The van der Waals surface area contributed by atoms with Crippen molar-refractivity contribution in [1.29, 1.82) is 0 Å². The summed E-state index contributed by atoms with van der Waals surface area (Å²) in [5, 5.41) is 2.17. The quantitative estimate of drug-likeness (QED) is 0.876. The van der Waals surface area contributed by atoms with Crippen LogP contribution >= 0.6 is 0 Å². The van der Waals surface area contributed by atoms with Gasteiger partial charge in [0, 0.05) is 6.07 Å². The Morgan fingerprint density at radius 1 is 1.13 bits per heavy atom. The average molecular weight is 340 g/mol. The van der Waals surface area contributed by atoms with E-state index in [1.807, 2.05) is 0 Å². The maximum Gasteiger partial charge on any atom is 0.241 e. The van der Waals surface area contributed by atoms with Crippen molar-refractivity contribution in [3.05, 3.63) is 59.7 Å². The summed E-state index contributed by atoms with van der Waals surface area (Å²) in [5.74, 6) is -2.49. The third kappa shape index (κ3) is 4.33. The van der Waals surface area contributed by atoms with Crippen molar-refractivity contribution in [2.75, 3.05) is 11.9 Å². The molecule has 2 rings (SSSR count). The molecule has 0 saturated carbocycles. The van der Waals surface area contributed by atoms with Crippen LogP contribution in [0.4, 0.5) is 14.5 Å².